The van der Waals surface area contributed by atoms with Crippen molar-refractivity contribution in [1.29, 1.82) is 0 Å². The highest BCUT2D eigenvalue weighted by atomic mass is 19.1. The number of halogens is 1. The summed E-state index contributed by atoms with van der Waals surface area (Å²) in [5, 5.41) is 2.88. The first kappa shape index (κ1) is 20.8. The molecule has 5 nitrogen and oxygen atoms in total. The maximum Gasteiger partial charge on any atom is 0.239 e. The Balaban J connectivity index is 1.62. The van der Waals surface area contributed by atoms with Crippen molar-refractivity contribution < 1.29 is 14.0 Å². The molecule has 0 bridgehead atoms. The molecule has 0 saturated carbocycles. The highest BCUT2D eigenvalue weighted by Crippen LogP contribution is 2.25. The monoisotopic (exact) mass is 397 g/mol. The lowest BCUT2D eigenvalue weighted by atomic mass is 9.89. The molecule has 1 N–H and O–H groups in total. The van der Waals surface area contributed by atoms with Crippen molar-refractivity contribution >= 4 is 23.2 Å². The molecule has 1 saturated heterocycles. The van der Waals surface area contributed by atoms with Crippen LogP contribution in [0.25, 0.3) is 0 Å². The Morgan fingerprint density at radius 2 is 1.55 bits per heavy atom. The van der Waals surface area contributed by atoms with Crippen LogP contribution >= 0.6 is 0 Å². The van der Waals surface area contributed by atoms with Crippen LogP contribution in [0.15, 0.2) is 42.5 Å². The van der Waals surface area contributed by atoms with Gasteiger partial charge in [0.15, 0.2) is 0 Å². The minimum absolute atomic E-state index is 0.183. The Morgan fingerprint density at radius 1 is 0.931 bits per heavy atom. The van der Waals surface area contributed by atoms with E-state index in [2.05, 4.69) is 10.2 Å². The predicted octanol–water partition coefficient (Wildman–Crippen LogP) is 3.76. The predicted molar refractivity (Wildman–Crippen MR) is 114 cm³/mol. The molecule has 0 aromatic heterocycles. The van der Waals surface area contributed by atoms with Crippen LogP contribution in [-0.2, 0) is 9.59 Å². The Labute approximate surface area is 171 Å². The molecule has 2 aromatic carbocycles. The van der Waals surface area contributed by atoms with Crippen molar-refractivity contribution in [3.63, 3.8) is 0 Å². The van der Waals surface area contributed by atoms with Crippen molar-refractivity contribution in [3.8, 4) is 0 Å². The summed E-state index contributed by atoms with van der Waals surface area (Å²) in [6.07, 6.45) is 0. The molecule has 2 aromatic rings. The van der Waals surface area contributed by atoms with Gasteiger partial charge in [0, 0.05) is 37.6 Å². The fourth-order valence-electron chi connectivity index (χ4n) is 3.42. The normalized spacial score (nSPS) is 14.7. The van der Waals surface area contributed by atoms with E-state index in [1.807, 2.05) is 32.0 Å². The van der Waals surface area contributed by atoms with Gasteiger partial charge in [-0.1, -0.05) is 6.07 Å². The van der Waals surface area contributed by atoms with Gasteiger partial charge in [-0.15, -0.1) is 0 Å². The second-order valence-electron chi connectivity index (χ2n) is 8.13. The number of rotatable bonds is 4. The van der Waals surface area contributed by atoms with Crippen molar-refractivity contribution in [2.75, 3.05) is 36.4 Å². The number of anilines is 2. The Hall–Kier alpha value is -2.89. The first-order valence-electron chi connectivity index (χ1n) is 9.87. The average Bonchev–Trinajstić information content (AvgIpc) is 2.71. The van der Waals surface area contributed by atoms with Gasteiger partial charge in [0.1, 0.15) is 11.2 Å². The second kappa shape index (κ2) is 8.23. The van der Waals surface area contributed by atoms with Gasteiger partial charge < -0.3 is 15.1 Å². The van der Waals surface area contributed by atoms with Crippen LogP contribution < -0.4 is 10.2 Å². The van der Waals surface area contributed by atoms with Gasteiger partial charge in [-0.05, 0) is 75.2 Å². The fourth-order valence-corrected chi connectivity index (χ4v) is 3.42. The van der Waals surface area contributed by atoms with E-state index < -0.39 is 5.41 Å². The number of nitrogens with zero attached hydrogens (tertiary/aromatic N) is 2. The van der Waals surface area contributed by atoms with Crippen LogP contribution in [0.2, 0.25) is 0 Å². The summed E-state index contributed by atoms with van der Waals surface area (Å²) in [5.74, 6) is -0.761. The minimum Gasteiger partial charge on any atom is -0.368 e. The molecule has 1 heterocycles. The lowest BCUT2D eigenvalue weighted by molar-refractivity contribution is -0.146. The number of nitrogens with one attached hydrogen (secondary N) is 1. The molecule has 154 valence electrons. The molecular weight excluding hydrogens is 369 g/mol. The number of aryl methyl sites for hydroxylation is 2. The topological polar surface area (TPSA) is 52.7 Å². The summed E-state index contributed by atoms with van der Waals surface area (Å²) in [6, 6.07) is 12.1. The molecule has 1 aliphatic rings. The van der Waals surface area contributed by atoms with E-state index in [1.165, 1.54) is 12.1 Å². The Morgan fingerprint density at radius 3 is 2.14 bits per heavy atom. The number of carbonyl (C=O) groups is 2. The summed E-state index contributed by atoms with van der Waals surface area (Å²) >= 11 is 0. The number of hydrogen-bond acceptors (Lipinski definition) is 3. The lowest BCUT2D eigenvalue weighted by Gasteiger charge is -2.39. The van der Waals surface area contributed by atoms with Crippen LogP contribution in [-0.4, -0.2) is 42.9 Å². The molecule has 0 radical (unpaired) electrons. The number of amides is 2. The van der Waals surface area contributed by atoms with Crippen LogP contribution in [0.3, 0.4) is 0 Å². The lowest BCUT2D eigenvalue weighted by Crippen LogP contribution is -2.54. The van der Waals surface area contributed by atoms with Crippen molar-refractivity contribution in [2.45, 2.75) is 27.7 Å². The average molecular weight is 397 g/mol. The summed E-state index contributed by atoms with van der Waals surface area (Å²) < 4.78 is 13.1. The van der Waals surface area contributed by atoms with Crippen molar-refractivity contribution in [1.82, 2.24) is 4.90 Å². The molecule has 6 heteroatoms. The molecule has 0 spiro atoms. The maximum absolute atomic E-state index is 13.1. The second-order valence-corrected chi connectivity index (χ2v) is 8.13. The zero-order valence-electron chi connectivity index (χ0n) is 17.5. The largest absolute Gasteiger partial charge is 0.368 e. The van der Waals surface area contributed by atoms with Crippen LogP contribution in [0.1, 0.15) is 25.0 Å². The highest BCUT2D eigenvalue weighted by Gasteiger charge is 2.40. The minimum atomic E-state index is -1.17. The van der Waals surface area contributed by atoms with Gasteiger partial charge in [-0.25, -0.2) is 4.39 Å². The SMILES string of the molecule is Cc1ccc(NC(=O)C(C)(C)C(=O)N2CCN(c3ccc(F)cc3)CC2)cc1C. The van der Waals surface area contributed by atoms with Gasteiger partial charge in [0.05, 0.1) is 0 Å². The summed E-state index contributed by atoms with van der Waals surface area (Å²) in [4.78, 5) is 29.7. The van der Waals surface area contributed by atoms with E-state index in [0.717, 1.165) is 16.8 Å². The third-order valence-corrected chi connectivity index (χ3v) is 5.63. The third-order valence-electron chi connectivity index (χ3n) is 5.63. The van der Waals surface area contributed by atoms with Crippen LogP contribution in [0, 0.1) is 25.1 Å². The third kappa shape index (κ3) is 4.58. The first-order valence-corrected chi connectivity index (χ1v) is 9.87. The molecule has 0 unspecified atom stereocenters. The molecule has 29 heavy (non-hydrogen) atoms. The zero-order valence-corrected chi connectivity index (χ0v) is 17.5. The van der Waals surface area contributed by atoms with E-state index in [9.17, 15) is 14.0 Å². The highest BCUT2D eigenvalue weighted by molar-refractivity contribution is 6.09. The zero-order chi connectivity index (χ0) is 21.2. The summed E-state index contributed by atoms with van der Waals surface area (Å²) in [7, 11) is 0. The summed E-state index contributed by atoms with van der Waals surface area (Å²) in [6.45, 7) is 9.67. The van der Waals surface area contributed by atoms with E-state index in [4.69, 9.17) is 0 Å². The standard InChI is InChI=1S/C23H28FN3O2/c1-16-5-8-19(15-17(16)2)25-21(28)23(3,4)22(29)27-13-11-26(12-14-27)20-9-6-18(24)7-10-20/h5-10,15H,11-14H2,1-4H3,(H,25,28). The van der Waals surface area contributed by atoms with Crippen LogP contribution in [0.4, 0.5) is 15.8 Å². The van der Waals surface area contributed by atoms with E-state index in [-0.39, 0.29) is 17.6 Å². The molecule has 2 amide bonds. The maximum atomic E-state index is 13.1. The number of benzene rings is 2. The number of hydrogen-bond donors (Lipinski definition) is 1. The van der Waals surface area contributed by atoms with Gasteiger partial charge >= 0.3 is 0 Å². The van der Waals surface area contributed by atoms with E-state index >= 15 is 0 Å². The first-order chi connectivity index (χ1) is 13.7. The molecule has 0 atom stereocenters. The smallest absolute Gasteiger partial charge is 0.239 e. The number of piperazine rings is 1. The van der Waals surface area contributed by atoms with Crippen molar-refractivity contribution in [2.24, 2.45) is 5.41 Å². The van der Waals surface area contributed by atoms with Gasteiger partial charge in [0.25, 0.3) is 0 Å². The number of carbonyl (C=O) groups excluding carboxylic acids is 2. The van der Waals surface area contributed by atoms with Gasteiger partial charge in [-0.3, -0.25) is 9.59 Å². The summed E-state index contributed by atoms with van der Waals surface area (Å²) in [5.41, 5.74) is 2.70. The molecule has 3 rings (SSSR count). The van der Waals surface area contributed by atoms with Crippen LogP contribution in [0.5, 0.6) is 0 Å². The Bertz CT molecular complexity index is 901. The molecule has 1 fully saturated rings. The van der Waals surface area contributed by atoms with Gasteiger partial charge in [0.2, 0.25) is 11.8 Å². The Kier molecular flexibility index (Phi) is 5.91. The van der Waals surface area contributed by atoms with E-state index in [0.29, 0.717) is 31.9 Å². The van der Waals surface area contributed by atoms with E-state index in [1.54, 1.807) is 30.9 Å². The molecular formula is C23H28FN3O2. The molecule has 1 aliphatic heterocycles. The fraction of sp³-hybridized carbons (Fsp3) is 0.391. The quantitative estimate of drug-likeness (QED) is 0.800. The van der Waals surface area contributed by atoms with Gasteiger partial charge in [-0.2, -0.15) is 0 Å². The van der Waals surface area contributed by atoms with Crippen molar-refractivity contribution in [3.05, 3.63) is 59.4 Å². The molecule has 0 aliphatic carbocycles.